The summed E-state index contributed by atoms with van der Waals surface area (Å²) < 4.78 is 15.4. The molecule has 0 saturated carbocycles. The highest BCUT2D eigenvalue weighted by Gasteiger charge is 2.23. The van der Waals surface area contributed by atoms with E-state index in [2.05, 4.69) is 4.90 Å². The molecule has 0 unspecified atom stereocenters. The second-order valence-corrected chi connectivity index (χ2v) is 5.58. The van der Waals surface area contributed by atoms with Crippen LogP contribution in [0.4, 0.5) is 0 Å². The molecule has 0 aromatic carbocycles. The van der Waals surface area contributed by atoms with E-state index in [1.807, 2.05) is 0 Å². The van der Waals surface area contributed by atoms with E-state index >= 15 is 0 Å². The lowest BCUT2D eigenvalue weighted by atomic mass is 10.2. The molecule has 1 fully saturated rings. The molecule has 1 amide bonds. The minimum absolute atomic E-state index is 0.0661. The summed E-state index contributed by atoms with van der Waals surface area (Å²) in [7, 11) is 1.32. The molecule has 0 spiro atoms. The molecule has 7 nitrogen and oxygen atoms in total. The van der Waals surface area contributed by atoms with Crippen molar-refractivity contribution >= 4 is 11.9 Å². The molecule has 7 heteroatoms. The standard InChI is InChI=1S/C16H24N2O5/c1-12-10-14(13(2)23-12)16(20)18(11-15(19)21-3)5-4-17-6-8-22-9-7-17/h10H,4-9,11H2,1-3H3. The summed E-state index contributed by atoms with van der Waals surface area (Å²) in [6.07, 6.45) is 0. The zero-order chi connectivity index (χ0) is 16.8. The molecule has 0 aliphatic carbocycles. The molecule has 1 saturated heterocycles. The van der Waals surface area contributed by atoms with Crippen LogP contribution in [0.1, 0.15) is 21.9 Å². The van der Waals surface area contributed by atoms with Gasteiger partial charge in [0.1, 0.15) is 18.1 Å². The summed E-state index contributed by atoms with van der Waals surface area (Å²) in [6, 6.07) is 1.71. The van der Waals surface area contributed by atoms with Gasteiger partial charge in [-0.25, -0.2) is 0 Å². The molecule has 1 aromatic rings. The Morgan fingerprint density at radius 3 is 2.57 bits per heavy atom. The average molecular weight is 324 g/mol. The first-order valence-electron chi connectivity index (χ1n) is 7.74. The van der Waals surface area contributed by atoms with E-state index in [0.29, 0.717) is 43.4 Å². The van der Waals surface area contributed by atoms with E-state index in [-0.39, 0.29) is 12.5 Å². The summed E-state index contributed by atoms with van der Waals surface area (Å²) in [5.74, 6) is 0.599. The van der Waals surface area contributed by atoms with Gasteiger partial charge in [0.2, 0.25) is 0 Å². The first-order valence-corrected chi connectivity index (χ1v) is 7.74. The smallest absolute Gasteiger partial charge is 0.325 e. The molecule has 2 heterocycles. The molecule has 0 radical (unpaired) electrons. The van der Waals surface area contributed by atoms with Crippen molar-refractivity contribution in [1.29, 1.82) is 0 Å². The molecule has 128 valence electrons. The van der Waals surface area contributed by atoms with Crippen LogP contribution in [0.5, 0.6) is 0 Å². The summed E-state index contributed by atoms with van der Waals surface area (Å²) >= 11 is 0. The van der Waals surface area contributed by atoms with Gasteiger partial charge in [-0.05, 0) is 19.9 Å². The molecule has 23 heavy (non-hydrogen) atoms. The monoisotopic (exact) mass is 324 g/mol. The maximum atomic E-state index is 12.7. The van der Waals surface area contributed by atoms with Gasteiger partial charge < -0.3 is 18.8 Å². The van der Waals surface area contributed by atoms with Gasteiger partial charge in [-0.2, -0.15) is 0 Å². The number of nitrogens with zero attached hydrogens (tertiary/aromatic N) is 2. The Hall–Kier alpha value is -1.86. The number of hydrogen-bond acceptors (Lipinski definition) is 6. The van der Waals surface area contributed by atoms with Gasteiger partial charge in [0.05, 0.1) is 25.9 Å². The van der Waals surface area contributed by atoms with E-state index in [9.17, 15) is 9.59 Å². The minimum atomic E-state index is -0.432. The number of carbonyl (C=O) groups is 2. The Morgan fingerprint density at radius 2 is 2.00 bits per heavy atom. The molecule has 2 rings (SSSR count). The fourth-order valence-electron chi connectivity index (χ4n) is 2.57. The van der Waals surface area contributed by atoms with Crippen molar-refractivity contribution in [1.82, 2.24) is 9.80 Å². The van der Waals surface area contributed by atoms with Crippen molar-refractivity contribution in [3.63, 3.8) is 0 Å². The number of carbonyl (C=O) groups excluding carboxylic acids is 2. The second-order valence-electron chi connectivity index (χ2n) is 5.58. The highest BCUT2D eigenvalue weighted by molar-refractivity contribution is 5.97. The number of morpholine rings is 1. The number of methoxy groups -OCH3 is 1. The van der Waals surface area contributed by atoms with Crippen LogP contribution in [-0.4, -0.2) is 74.7 Å². The van der Waals surface area contributed by atoms with Gasteiger partial charge in [0.25, 0.3) is 5.91 Å². The van der Waals surface area contributed by atoms with E-state index in [1.54, 1.807) is 19.9 Å². The predicted molar refractivity (Wildman–Crippen MR) is 83.4 cm³/mol. The first kappa shape index (κ1) is 17.5. The lowest BCUT2D eigenvalue weighted by molar-refractivity contribution is -0.141. The largest absolute Gasteiger partial charge is 0.468 e. The van der Waals surface area contributed by atoms with Gasteiger partial charge in [0.15, 0.2) is 0 Å². The zero-order valence-corrected chi connectivity index (χ0v) is 14.0. The Morgan fingerprint density at radius 1 is 1.30 bits per heavy atom. The molecule has 0 N–H and O–H groups in total. The maximum absolute atomic E-state index is 12.7. The molecule has 1 aromatic heterocycles. The Bertz CT molecular complexity index is 549. The van der Waals surface area contributed by atoms with Crippen molar-refractivity contribution in [3.8, 4) is 0 Å². The van der Waals surface area contributed by atoms with Crippen LogP contribution in [0.25, 0.3) is 0 Å². The van der Waals surface area contributed by atoms with Crippen LogP contribution in [0, 0.1) is 13.8 Å². The normalized spacial score (nSPS) is 15.4. The minimum Gasteiger partial charge on any atom is -0.468 e. The van der Waals surface area contributed by atoms with E-state index in [0.717, 1.165) is 13.1 Å². The van der Waals surface area contributed by atoms with Crippen LogP contribution in [0.15, 0.2) is 10.5 Å². The van der Waals surface area contributed by atoms with Crippen LogP contribution in [-0.2, 0) is 14.3 Å². The van der Waals surface area contributed by atoms with Gasteiger partial charge in [-0.15, -0.1) is 0 Å². The SMILES string of the molecule is COC(=O)CN(CCN1CCOCC1)C(=O)c1cc(C)oc1C. The fourth-order valence-corrected chi connectivity index (χ4v) is 2.57. The van der Waals surface area contributed by atoms with Gasteiger partial charge >= 0.3 is 5.97 Å². The summed E-state index contributed by atoms with van der Waals surface area (Å²) in [5, 5.41) is 0. The maximum Gasteiger partial charge on any atom is 0.325 e. The molecule has 1 aliphatic heterocycles. The average Bonchev–Trinajstić information content (AvgIpc) is 2.89. The Labute approximate surface area is 136 Å². The third-order valence-corrected chi connectivity index (χ3v) is 3.90. The predicted octanol–water partition coefficient (Wildman–Crippen LogP) is 0.844. The third-order valence-electron chi connectivity index (χ3n) is 3.90. The number of rotatable bonds is 6. The van der Waals surface area contributed by atoms with Crippen molar-refractivity contribution in [2.24, 2.45) is 0 Å². The molecule has 0 atom stereocenters. The highest BCUT2D eigenvalue weighted by atomic mass is 16.5. The quantitative estimate of drug-likeness (QED) is 0.722. The number of ether oxygens (including phenoxy) is 2. The summed E-state index contributed by atoms with van der Waals surface area (Å²) in [5.41, 5.74) is 0.494. The summed E-state index contributed by atoms with van der Waals surface area (Å²) in [4.78, 5) is 28.1. The number of amides is 1. The summed E-state index contributed by atoms with van der Waals surface area (Å²) in [6.45, 7) is 7.70. The number of furan rings is 1. The van der Waals surface area contributed by atoms with Crippen LogP contribution < -0.4 is 0 Å². The van der Waals surface area contributed by atoms with E-state index < -0.39 is 5.97 Å². The van der Waals surface area contributed by atoms with Crippen molar-refractivity contribution < 1.29 is 23.5 Å². The lowest BCUT2D eigenvalue weighted by Gasteiger charge is -2.29. The second kappa shape index (κ2) is 8.12. The van der Waals surface area contributed by atoms with Crippen LogP contribution in [0.3, 0.4) is 0 Å². The van der Waals surface area contributed by atoms with Crippen molar-refractivity contribution in [2.75, 3.05) is 53.0 Å². The highest BCUT2D eigenvalue weighted by Crippen LogP contribution is 2.16. The number of esters is 1. The Kier molecular flexibility index (Phi) is 6.18. The van der Waals surface area contributed by atoms with Gasteiger partial charge in [-0.3, -0.25) is 14.5 Å². The number of aryl methyl sites for hydroxylation is 2. The molecule has 0 bridgehead atoms. The number of hydrogen-bond donors (Lipinski definition) is 0. The molecule has 1 aliphatic rings. The fraction of sp³-hybridized carbons (Fsp3) is 0.625. The van der Waals surface area contributed by atoms with Crippen LogP contribution in [0.2, 0.25) is 0 Å². The van der Waals surface area contributed by atoms with Gasteiger partial charge in [-0.1, -0.05) is 0 Å². The van der Waals surface area contributed by atoms with E-state index in [1.165, 1.54) is 12.0 Å². The Balaban J connectivity index is 2.04. The van der Waals surface area contributed by atoms with Crippen LogP contribution >= 0.6 is 0 Å². The van der Waals surface area contributed by atoms with E-state index in [4.69, 9.17) is 13.9 Å². The molecular formula is C16H24N2O5. The van der Waals surface area contributed by atoms with Gasteiger partial charge in [0, 0.05) is 26.2 Å². The zero-order valence-electron chi connectivity index (χ0n) is 14.0. The lowest BCUT2D eigenvalue weighted by Crippen LogP contribution is -2.44. The molecular weight excluding hydrogens is 300 g/mol. The van der Waals surface area contributed by atoms with Crippen molar-refractivity contribution in [2.45, 2.75) is 13.8 Å². The topological polar surface area (TPSA) is 72.2 Å². The van der Waals surface area contributed by atoms with Crippen molar-refractivity contribution in [3.05, 3.63) is 23.2 Å². The third kappa shape index (κ3) is 4.80. The first-order chi connectivity index (χ1) is 11.0.